The van der Waals surface area contributed by atoms with E-state index in [1.165, 1.54) is 0 Å². The molecular weight excluding hydrogens is 250 g/mol. The molecule has 0 aromatic carbocycles. The Morgan fingerprint density at radius 2 is 2.00 bits per heavy atom. The van der Waals surface area contributed by atoms with Gasteiger partial charge >= 0.3 is 5.97 Å². The fourth-order valence-electron chi connectivity index (χ4n) is 2.32. The molecule has 4 nitrogen and oxygen atoms in total. The highest BCUT2D eigenvalue weighted by atomic mass is 32.1. The van der Waals surface area contributed by atoms with Crippen LogP contribution in [0.15, 0.2) is 0 Å². The lowest BCUT2D eigenvalue weighted by molar-refractivity contribution is -0.142. The van der Waals surface area contributed by atoms with Crippen LogP contribution in [0.5, 0.6) is 0 Å². The van der Waals surface area contributed by atoms with Crippen molar-refractivity contribution in [1.29, 1.82) is 0 Å². The van der Waals surface area contributed by atoms with Crippen molar-refractivity contribution in [3.8, 4) is 0 Å². The molecule has 0 saturated carbocycles. The molecule has 0 fully saturated rings. The minimum Gasteiger partial charge on any atom is -0.466 e. The van der Waals surface area contributed by atoms with Gasteiger partial charge in [0.05, 0.1) is 29.2 Å². The summed E-state index contributed by atoms with van der Waals surface area (Å²) in [6, 6.07) is 0. The second kappa shape index (κ2) is 4.31. The summed E-state index contributed by atoms with van der Waals surface area (Å²) in [4.78, 5) is 17.1. The van der Waals surface area contributed by atoms with Gasteiger partial charge in [-0.05, 0) is 34.6 Å². The van der Waals surface area contributed by atoms with Crippen LogP contribution >= 0.6 is 11.3 Å². The highest BCUT2D eigenvalue weighted by Crippen LogP contribution is 2.48. The van der Waals surface area contributed by atoms with Crippen LogP contribution in [-0.2, 0) is 31.9 Å². The molecule has 0 bridgehead atoms. The SMILES string of the molecule is CCOC(=O)Cc1nc2c(s1)C(C)(C)OC2(C)C. The van der Waals surface area contributed by atoms with Crippen molar-refractivity contribution in [3.05, 3.63) is 15.6 Å². The fraction of sp³-hybridized carbons (Fsp3) is 0.692. The van der Waals surface area contributed by atoms with Crippen LogP contribution in [0, 0.1) is 0 Å². The number of fused-ring (bicyclic) bond motifs is 1. The molecule has 2 heterocycles. The number of nitrogens with zero attached hydrogens (tertiary/aromatic N) is 1. The van der Waals surface area contributed by atoms with Gasteiger partial charge in [0, 0.05) is 0 Å². The van der Waals surface area contributed by atoms with E-state index in [0.717, 1.165) is 15.6 Å². The van der Waals surface area contributed by atoms with Crippen molar-refractivity contribution in [3.63, 3.8) is 0 Å². The minimum absolute atomic E-state index is 0.221. The summed E-state index contributed by atoms with van der Waals surface area (Å²) in [6.07, 6.45) is 0.248. The summed E-state index contributed by atoms with van der Waals surface area (Å²) in [5.41, 5.74) is 0.239. The van der Waals surface area contributed by atoms with Gasteiger partial charge in [-0.3, -0.25) is 4.79 Å². The first-order chi connectivity index (χ1) is 8.26. The molecule has 0 atom stereocenters. The molecule has 0 amide bonds. The third-order valence-corrected chi connectivity index (χ3v) is 4.26. The summed E-state index contributed by atoms with van der Waals surface area (Å²) in [6.45, 7) is 10.3. The molecule has 1 aliphatic heterocycles. The van der Waals surface area contributed by atoms with E-state index >= 15 is 0 Å². The zero-order valence-corrected chi connectivity index (χ0v) is 12.3. The first-order valence-corrected chi connectivity index (χ1v) is 6.94. The van der Waals surface area contributed by atoms with Crippen molar-refractivity contribution in [2.45, 2.75) is 52.2 Å². The zero-order valence-electron chi connectivity index (χ0n) is 11.5. The number of carbonyl (C=O) groups is 1. The molecule has 0 N–H and O–H groups in total. The van der Waals surface area contributed by atoms with Crippen LogP contribution in [0.4, 0.5) is 0 Å². The van der Waals surface area contributed by atoms with Crippen molar-refractivity contribution < 1.29 is 14.3 Å². The predicted octanol–water partition coefficient (Wildman–Crippen LogP) is 2.75. The zero-order chi connectivity index (χ0) is 13.6. The van der Waals surface area contributed by atoms with Gasteiger partial charge in [0.2, 0.25) is 0 Å². The Hall–Kier alpha value is -0.940. The Balaban J connectivity index is 2.27. The number of rotatable bonds is 3. The first kappa shape index (κ1) is 13.5. The largest absolute Gasteiger partial charge is 0.466 e. The summed E-state index contributed by atoms with van der Waals surface area (Å²) in [5.74, 6) is -0.221. The Morgan fingerprint density at radius 1 is 1.33 bits per heavy atom. The van der Waals surface area contributed by atoms with Gasteiger partial charge < -0.3 is 9.47 Å². The Bertz CT molecular complexity index is 445. The van der Waals surface area contributed by atoms with E-state index in [2.05, 4.69) is 4.98 Å². The Kier molecular flexibility index (Phi) is 3.23. The van der Waals surface area contributed by atoms with Gasteiger partial charge in [0.1, 0.15) is 10.6 Å². The van der Waals surface area contributed by atoms with E-state index in [0.29, 0.717) is 6.61 Å². The van der Waals surface area contributed by atoms with Crippen LogP contribution in [0.25, 0.3) is 0 Å². The van der Waals surface area contributed by atoms with Crippen LogP contribution in [-0.4, -0.2) is 17.6 Å². The summed E-state index contributed by atoms with van der Waals surface area (Å²) >= 11 is 1.55. The predicted molar refractivity (Wildman–Crippen MR) is 69.6 cm³/mol. The lowest BCUT2D eigenvalue weighted by Crippen LogP contribution is -2.23. The molecule has 100 valence electrons. The molecule has 1 aliphatic rings. The average molecular weight is 269 g/mol. The molecule has 0 saturated heterocycles. The van der Waals surface area contributed by atoms with E-state index in [-0.39, 0.29) is 23.6 Å². The maximum Gasteiger partial charge on any atom is 0.312 e. The summed E-state index contributed by atoms with van der Waals surface area (Å²) < 4.78 is 10.9. The molecule has 0 unspecified atom stereocenters. The van der Waals surface area contributed by atoms with Gasteiger partial charge in [-0.1, -0.05) is 0 Å². The summed E-state index contributed by atoms with van der Waals surface area (Å²) in [7, 11) is 0. The van der Waals surface area contributed by atoms with E-state index in [9.17, 15) is 4.79 Å². The number of hydrogen-bond donors (Lipinski definition) is 0. The van der Waals surface area contributed by atoms with E-state index < -0.39 is 0 Å². The van der Waals surface area contributed by atoms with Gasteiger partial charge in [-0.25, -0.2) is 4.98 Å². The number of carbonyl (C=O) groups excluding carboxylic acids is 1. The number of ether oxygens (including phenoxy) is 2. The van der Waals surface area contributed by atoms with E-state index in [1.807, 2.05) is 27.7 Å². The number of thiazole rings is 1. The number of hydrogen-bond acceptors (Lipinski definition) is 5. The second-order valence-electron chi connectivity index (χ2n) is 5.39. The molecule has 1 aromatic heterocycles. The van der Waals surface area contributed by atoms with E-state index in [1.54, 1.807) is 18.3 Å². The van der Waals surface area contributed by atoms with Crippen molar-refractivity contribution in [1.82, 2.24) is 4.98 Å². The lowest BCUT2D eigenvalue weighted by Gasteiger charge is -2.24. The standard InChI is InChI=1S/C13H19NO3S/c1-6-16-9(15)7-8-14-10-11(18-8)13(4,5)17-12(10,2)3/h6-7H2,1-5H3. The molecule has 5 heteroatoms. The molecule has 1 aromatic rings. The quantitative estimate of drug-likeness (QED) is 0.792. The van der Waals surface area contributed by atoms with Crippen LogP contribution < -0.4 is 0 Å². The van der Waals surface area contributed by atoms with Crippen LogP contribution in [0.3, 0.4) is 0 Å². The topological polar surface area (TPSA) is 48.4 Å². The molecule has 0 spiro atoms. The van der Waals surface area contributed by atoms with Gasteiger partial charge in [0.25, 0.3) is 0 Å². The Labute approximate surface area is 111 Å². The molecule has 18 heavy (non-hydrogen) atoms. The third kappa shape index (κ3) is 2.29. The van der Waals surface area contributed by atoms with Crippen molar-refractivity contribution in [2.24, 2.45) is 0 Å². The molecule has 0 aliphatic carbocycles. The summed E-state index contributed by atoms with van der Waals surface area (Å²) in [5, 5.41) is 0.808. The van der Waals surface area contributed by atoms with Crippen molar-refractivity contribution in [2.75, 3.05) is 6.61 Å². The maximum atomic E-state index is 11.5. The van der Waals surface area contributed by atoms with E-state index in [4.69, 9.17) is 9.47 Å². The molecule has 2 rings (SSSR count). The third-order valence-electron chi connectivity index (χ3n) is 2.90. The monoisotopic (exact) mass is 269 g/mol. The van der Waals surface area contributed by atoms with Gasteiger partial charge in [-0.15, -0.1) is 11.3 Å². The van der Waals surface area contributed by atoms with Crippen LogP contribution in [0.2, 0.25) is 0 Å². The molecule has 0 radical (unpaired) electrons. The van der Waals surface area contributed by atoms with Gasteiger partial charge in [-0.2, -0.15) is 0 Å². The molecular formula is C13H19NO3S. The highest BCUT2D eigenvalue weighted by Gasteiger charge is 2.46. The van der Waals surface area contributed by atoms with Crippen LogP contribution in [0.1, 0.15) is 50.2 Å². The fourth-order valence-corrected chi connectivity index (χ4v) is 3.56. The number of aromatic nitrogens is 1. The first-order valence-electron chi connectivity index (χ1n) is 6.12. The second-order valence-corrected chi connectivity index (χ2v) is 6.47. The lowest BCUT2D eigenvalue weighted by atomic mass is 10.0. The normalized spacial score (nSPS) is 19.6. The Morgan fingerprint density at radius 3 is 2.56 bits per heavy atom. The smallest absolute Gasteiger partial charge is 0.312 e. The van der Waals surface area contributed by atoms with Gasteiger partial charge in [0.15, 0.2) is 0 Å². The number of esters is 1. The van der Waals surface area contributed by atoms with Crippen molar-refractivity contribution >= 4 is 17.3 Å². The average Bonchev–Trinajstić information content (AvgIpc) is 2.67. The minimum atomic E-state index is -0.387. The maximum absolute atomic E-state index is 11.5. The highest BCUT2D eigenvalue weighted by molar-refractivity contribution is 7.12.